The molecule has 3 heterocycles. The molecule has 3 aromatic rings. The lowest BCUT2D eigenvalue weighted by molar-refractivity contribution is -0.136. The van der Waals surface area contributed by atoms with E-state index in [0.717, 1.165) is 18.4 Å². The number of methoxy groups -OCH3 is 1. The van der Waals surface area contributed by atoms with Gasteiger partial charge in [0, 0.05) is 23.5 Å². The molecule has 0 N–H and O–H groups in total. The van der Waals surface area contributed by atoms with Crippen LogP contribution in [0.25, 0.3) is 0 Å². The molecular weight excluding hydrogens is 452 g/mol. The zero-order valence-corrected chi connectivity index (χ0v) is 20.5. The Morgan fingerprint density at radius 1 is 1.24 bits per heavy atom. The largest absolute Gasteiger partial charge is 0.497 e. The number of thiophene rings is 1. The summed E-state index contributed by atoms with van der Waals surface area (Å²) in [5, 5.41) is 2.06. The van der Waals surface area contributed by atoms with E-state index in [4.69, 9.17) is 13.9 Å². The van der Waals surface area contributed by atoms with Crippen LogP contribution in [0.1, 0.15) is 47.3 Å². The average molecular weight is 483 g/mol. The van der Waals surface area contributed by atoms with Crippen molar-refractivity contribution in [2.75, 3.05) is 26.8 Å². The van der Waals surface area contributed by atoms with E-state index in [9.17, 15) is 9.59 Å². The molecule has 180 valence electrons. The van der Waals surface area contributed by atoms with Crippen LogP contribution >= 0.6 is 11.3 Å². The Morgan fingerprint density at radius 2 is 2.06 bits per heavy atom. The summed E-state index contributed by atoms with van der Waals surface area (Å²) in [7, 11) is 1.62. The van der Waals surface area contributed by atoms with Gasteiger partial charge in [0.2, 0.25) is 5.91 Å². The van der Waals surface area contributed by atoms with E-state index in [2.05, 4.69) is 11.4 Å². The summed E-state index contributed by atoms with van der Waals surface area (Å²) < 4.78 is 16.7. The van der Waals surface area contributed by atoms with E-state index >= 15 is 0 Å². The minimum atomic E-state index is -0.273. The fraction of sp³-hybridized carbons (Fsp3) is 0.385. The van der Waals surface area contributed by atoms with E-state index in [-0.39, 0.29) is 36.2 Å². The number of rotatable bonds is 9. The van der Waals surface area contributed by atoms with Crippen molar-refractivity contribution in [3.8, 4) is 11.5 Å². The van der Waals surface area contributed by atoms with Crippen LogP contribution in [-0.4, -0.2) is 54.5 Å². The van der Waals surface area contributed by atoms with Gasteiger partial charge < -0.3 is 23.7 Å². The summed E-state index contributed by atoms with van der Waals surface area (Å²) in [6, 6.07) is 12.5. The molecule has 1 aromatic carbocycles. The van der Waals surface area contributed by atoms with Gasteiger partial charge in [-0.15, -0.1) is 11.3 Å². The Kier molecular flexibility index (Phi) is 7.57. The maximum atomic E-state index is 13.6. The van der Waals surface area contributed by atoms with Crippen LogP contribution in [-0.2, 0) is 11.2 Å². The Morgan fingerprint density at radius 3 is 2.79 bits per heavy atom. The molecule has 8 heteroatoms. The average Bonchev–Trinajstić information content (AvgIpc) is 3.57. The fourth-order valence-corrected chi connectivity index (χ4v) is 5.10. The second-order valence-corrected chi connectivity index (χ2v) is 9.31. The normalized spacial score (nSPS) is 16.0. The number of carbonyl (C=O) groups is 2. The lowest BCUT2D eigenvalue weighted by Crippen LogP contribution is -2.49. The van der Waals surface area contributed by atoms with Gasteiger partial charge >= 0.3 is 0 Å². The van der Waals surface area contributed by atoms with Crippen LogP contribution in [0.2, 0.25) is 0 Å². The van der Waals surface area contributed by atoms with E-state index in [1.165, 1.54) is 11.1 Å². The van der Waals surface area contributed by atoms with Gasteiger partial charge in [0.1, 0.15) is 24.7 Å². The van der Waals surface area contributed by atoms with Crippen molar-refractivity contribution in [1.29, 1.82) is 0 Å². The zero-order chi connectivity index (χ0) is 24.1. The van der Waals surface area contributed by atoms with Crippen LogP contribution < -0.4 is 9.47 Å². The molecule has 7 nitrogen and oxygen atoms in total. The highest BCUT2D eigenvalue weighted by molar-refractivity contribution is 7.10. The number of furan rings is 1. The van der Waals surface area contributed by atoms with Crippen molar-refractivity contribution in [3.05, 3.63) is 70.3 Å². The standard InChI is InChI=1S/C26H30N2O5S/c1-4-18(2)28(26(30)23-9-6-13-32-23)16-25(29)27-12-10-24-21(11-14-34-24)22(27)17-33-20-8-5-7-19(15-20)31-3/h5-9,11,13-15,18,22H,4,10,12,16-17H2,1-3H3/t18-,22-/m0/s1. The number of hydrogen-bond acceptors (Lipinski definition) is 6. The topological polar surface area (TPSA) is 72.2 Å². The number of hydrogen-bond donors (Lipinski definition) is 0. The molecule has 4 rings (SSSR count). The number of amides is 2. The molecule has 2 amide bonds. The van der Waals surface area contributed by atoms with Crippen LogP contribution in [0, 0.1) is 0 Å². The van der Waals surface area contributed by atoms with Crippen molar-refractivity contribution in [2.24, 2.45) is 0 Å². The molecule has 1 aliphatic rings. The minimum absolute atomic E-state index is 0.0102. The molecule has 1 aliphatic heterocycles. The van der Waals surface area contributed by atoms with E-state index in [0.29, 0.717) is 24.7 Å². The second kappa shape index (κ2) is 10.8. The fourth-order valence-electron chi connectivity index (χ4n) is 4.17. The first-order valence-corrected chi connectivity index (χ1v) is 12.4. The van der Waals surface area contributed by atoms with Gasteiger partial charge in [-0.05, 0) is 61.0 Å². The summed E-state index contributed by atoms with van der Waals surface area (Å²) in [4.78, 5) is 31.4. The van der Waals surface area contributed by atoms with Crippen molar-refractivity contribution in [3.63, 3.8) is 0 Å². The second-order valence-electron chi connectivity index (χ2n) is 8.31. The third-order valence-electron chi connectivity index (χ3n) is 6.29. The maximum Gasteiger partial charge on any atom is 0.290 e. The highest BCUT2D eigenvalue weighted by Gasteiger charge is 2.34. The van der Waals surface area contributed by atoms with Crippen LogP contribution in [0.5, 0.6) is 11.5 Å². The molecule has 34 heavy (non-hydrogen) atoms. The molecular formula is C26H30N2O5S. The predicted molar refractivity (Wildman–Crippen MR) is 130 cm³/mol. The molecule has 0 saturated carbocycles. The Hall–Kier alpha value is -3.26. The van der Waals surface area contributed by atoms with Crippen molar-refractivity contribution in [1.82, 2.24) is 9.80 Å². The lowest BCUT2D eigenvalue weighted by atomic mass is 10.00. The summed E-state index contributed by atoms with van der Waals surface area (Å²) in [5.74, 6) is 1.26. The van der Waals surface area contributed by atoms with Gasteiger partial charge in [0.15, 0.2) is 5.76 Å². The third kappa shape index (κ3) is 5.12. The number of benzene rings is 1. The molecule has 0 bridgehead atoms. The van der Waals surface area contributed by atoms with Crippen molar-refractivity contribution >= 4 is 23.2 Å². The molecule has 0 fully saturated rings. The Balaban J connectivity index is 1.53. The van der Waals surface area contributed by atoms with Crippen LogP contribution in [0.15, 0.2) is 58.5 Å². The Bertz CT molecular complexity index is 1110. The monoisotopic (exact) mass is 482 g/mol. The predicted octanol–water partition coefficient (Wildman–Crippen LogP) is 4.80. The lowest BCUT2D eigenvalue weighted by Gasteiger charge is -2.38. The van der Waals surface area contributed by atoms with Crippen molar-refractivity contribution in [2.45, 2.75) is 38.8 Å². The SMILES string of the molecule is CC[C@H](C)N(CC(=O)N1CCc2sccc2[C@@H]1COc1cccc(OC)c1)C(=O)c1ccco1. The molecule has 0 unspecified atom stereocenters. The molecule has 2 aromatic heterocycles. The highest BCUT2D eigenvalue weighted by atomic mass is 32.1. The van der Waals surface area contributed by atoms with Gasteiger partial charge in [-0.2, -0.15) is 0 Å². The first-order chi connectivity index (χ1) is 16.5. The quantitative estimate of drug-likeness (QED) is 0.438. The summed E-state index contributed by atoms with van der Waals surface area (Å²) in [6.07, 6.45) is 3.00. The molecule has 0 aliphatic carbocycles. The number of carbonyl (C=O) groups excluding carboxylic acids is 2. The van der Waals surface area contributed by atoms with Crippen LogP contribution in [0.3, 0.4) is 0 Å². The summed E-state index contributed by atoms with van der Waals surface area (Å²) in [5.41, 5.74) is 1.11. The molecule has 0 spiro atoms. The van der Waals surface area contributed by atoms with Crippen molar-refractivity contribution < 1.29 is 23.5 Å². The maximum absolute atomic E-state index is 13.6. The van der Waals surface area contributed by atoms with Gasteiger partial charge in [0.25, 0.3) is 5.91 Å². The third-order valence-corrected chi connectivity index (χ3v) is 7.28. The molecule has 0 saturated heterocycles. The van der Waals surface area contributed by atoms with Crippen LogP contribution in [0.4, 0.5) is 0 Å². The first-order valence-electron chi connectivity index (χ1n) is 11.5. The van der Waals surface area contributed by atoms with Gasteiger partial charge in [-0.25, -0.2) is 0 Å². The van der Waals surface area contributed by atoms with E-state index in [1.54, 1.807) is 35.5 Å². The minimum Gasteiger partial charge on any atom is -0.497 e. The molecule has 0 radical (unpaired) electrons. The molecule has 2 atom stereocenters. The zero-order valence-electron chi connectivity index (χ0n) is 19.7. The van der Waals surface area contributed by atoms with Gasteiger partial charge in [-0.3, -0.25) is 9.59 Å². The number of nitrogens with zero attached hydrogens (tertiary/aromatic N) is 2. The van der Waals surface area contributed by atoms with Gasteiger partial charge in [0.05, 0.1) is 19.4 Å². The van der Waals surface area contributed by atoms with E-state index in [1.807, 2.05) is 43.0 Å². The summed E-state index contributed by atoms with van der Waals surface area (Å²) in [6.45, 7) is 4.84. The van der Waals surface area contributed by atoms with E-state index < -0.39 is 0 Å². The summed E-state index contributed by atoms with van der Waals surface area (Å²) >= 11 is 1.71. The number of fused-ring (bicyclic) bond motifs is 1. The first kappa shape index (κ1) is 23.9. The van der Waals surface area contributed by atoms with Gasteiger partial charge in [-0.1, -0.05) is 13.0 Å². The number of ether oxygens (including phenoxy) is 2. The highest BCUT2D eigenvalue weighted by Crippen LogP contribution is 2.34. The smallest absolute Gasteiger partial charge is 0.290 e. The Labute approximate surface area is 203 Å².